The van der Waals surface area contributed by atoms with E-state index in [1.165, 1.54) is 14.5 Å². The molecule has 0 aromatic heterocycles. The Hall–Kier alpha value is -3.93. The van der Waals surface area contributed by atoms with Gasteiger partial charge in [0.2, 0.25) is 0 Å². The lowest BCUT2D eigenvalue weighted by molar-refractivity contribution is -0.306. The number of allylic oxidation sites excluding steroid dienone is 4. The van der Waals surface area contributed by atoms with E-state index in [4.69, 9.17) is 9.47 Å². The summed E-state index contributed by atoms with van der Waals surface area (Å²) in [6.45, 7) is 2.44. The van der Waals surface area contributed by atoms with Gasteiger partial charge < -0.3 is 14.2 Å². The molecule has 0 bridgehead atoms. The number of esters is 1. The molecule has 1 amide bonds. The van der Waals surface area contributed by atoms with E-state index in [1.807, 2.05) is 42.5 Å². The number of rotatable bonds is 11. The Kier molecular flexibility index (Phi) is 11.8. The van der Waals surface area contributed by atoms with E-state index in [0.717, 1.165) is 36.7 Å². The number of anilines is 1. The normalized spacial score (nSPS) is 13.4. The van der Waals surface area contributed by atoms with Gasteiger partial charge in [0.25, 0.3) is 0 Å². The number of carbonyl (C=O) groups is 2. The Morgan fingerprint density at radius 1 is 0.955 bits per heavy atom. The van der Waals surface area contributed by atoms with E-state index < -0.39 is 18.2 Å². The molecule has 10 heteroatoms. The van der Waals surface area contributed by atoms with Gasteiger partial charge in [-0.2, -0.15) is 0 Å². The summed E-state index contributed by atoms with van der Waals surface area (Å²) in [5.41, 5.74) is 3.46. The van der Waals surface area contributed by atoms with Gasteiger partial charge in [0.15, 0.2) is 0 Å². The smallest absolute Gasteiger partial charge is 0.487 e. The minimum atomic E-state index is -4.76. The minimum absolute atomic E-state index is 0.0577. The van der Waals surface area contributed by atoms with Gasteiger partial charge in [-0.15, -0.1) is 13.2 Å². The van der Waals surface area contributed by atoms with Crippen LogP contribution in [0.2, 0.25) is 0 Å². The average molecular weight is 720 g/mol. The molecule has 0 saturated carbocycles. The second-order valence-corrected chi connectivity index (χ2v) is 12.6. The summed E-state index contributed by atoms with van der Waals surface area (Å²) >= 11 is -0.149. The topological polar surface area (TPSA) is 65.1 Å². The van der Waals surface area contributed by atoms with Crippen LogP contribution in [-0.2, 0) is 32.2 Å². The molecule has 3 aromatic carbocycles. The Bertz CT molecular complexity index is 1530. The number of carbonyl (C=O) groups excluding carboxylic acids is 2. The maximum atomic E-state index is 13.4. The number of hydrogen-bond donors (Lipinski definition) is 0. The SMILES string of the molecule is CCCC=Ic1ccc(COc2ccc(C3=CC=C(OC(F)(F)F)CC3)cc2N(Cc2ccccc2)C(=O)C(=O)OC)cc1. The van der Waals surface area contributed by atoms with E-state index in [2.05, 4.69) is 27.8 Å². The van der Waals surface area contributed by atoms with Crippen LogP contribution in [0.1, 0.15) is 49.3 Å². The largest absolute Gasteiger partial charge is 0.572 e. The fourth-order valence-corrected chi connectivity index (χ4v) is 6.66. The number of unbranched alkanes of at least 4 members (excludes halogenated alkanes) is 1. The minimum Gasteiger partial charge on any atom is -0.487 e. The summed E-state index contributed by atoms with van der Waals surface area (Å²) in [5, 5.41) is 0. The molecule has 0 atom stereocenters. The number of methoxy groups -OCH3 is 1. The summed E-state index contributed by atoms with van der Waals surface area (Å²) in [5.74, 6) is -1.73. The molecule has 0 radical (unpaired) electrons. The lowest BCUT2D eigenvalue weighted by Gasteiger charge is -2.26. The first-order valence-electron chi connectivity index (χ1n) is 14.1. The van der Waals surface area contributed by atoms with Gasteiger partial charge in [0.05, 0.1) is 19.3 Å². The van der Waals surface area contributed by atoms with Crippen molar-refractivity contribution in [2.75, 3.05) is 12.0 Å². The van der Waals surface area contributed by atoms with Crippen molar-refractivity contribution in [1.29, 1.82) is 0 Å². The van der Waals surface area contributed by atoms with Gasteiger partial charge in [0, 0.05) is 9.99 Å². The zero-order chi connectivity index (χ0) is 31.5. The zero-order valence-corrected chi connectivity index (χ0v) is 26.6. The monoisotopic (exact) mass is 719 g/mol. The molecule has 0 saturated heterocycles. The second-order valence-electron chi connectivity index (χ2n) is 9.89. The first-order valence-corrected chi connectivity index (χ1v) is 16.4. The van der Waals surface area contributed by atoms with Gasteiger partial charge in [-0.05, 0) is 65.4 Å². The summed E-state index contributed by atoms with van der Waals surface area (Å²) in [4.78, 5) is 27.2. The van der Waals surface area contributed by atoms with Gasteiger partial charge in [-0.3, -0.25) is 9.69 Å². The number of ether oxygens (including phenoxy) is 3. The van der Waals surface area contributed by atoms with E-state index in [0.29, 0.717) is 17.0 Å². The van der Waals surface area contributed by atoms with Crippen LogP contribution in [0, 0.1) is 3.57 Å². The predicted octanol–water partition coefficient (Wildman–Crippen LogP) is 8.31. The molecular weight excluding hydrogens is 686 g/mol. The van der Waals surface area contributed by atoms with Crippen molar-refractivity contribution in [3.05, 3.63) is 111 Å². The third-order valence-corrected chi connectivity index (χ3v) is 9.18. The molecule has 1 aliphatic carbocycles. The summed E-state index contributed by atoms with van der Waals surface area (Å²) in [6, 6.07) is 22.6. The molecule has 0 N–H and O–H groups in total. The summed E-state index contributed by atoms with van der Waals surface area (Å²) in [7, 11) is 1.14. The number of halogens is 4. The van der Waals surface area contributed by atoms with E-state index in [1.54, 1.807) is 24.3 Å². The number of amides is 1. The Labute approximate surface area is 264 Å². The van der Waals surface area contributed by atoms with Crippen LogP contribution in [0.25, 0.3) is 5.57 Å². The van der Waals surface area contributed by atoms with E-state index in [-0.39, 0.29) is 52.5 Å². The fraction of sp³-hybridized carbons (Fsp3) is 0.265. The van der Waals surface area contributed by atoms with Crippen LogP contribution >= 0.6 is 20.7 Å². The molecule has 0 unspecified atom stereocenters. The highest BCUT2D eigenvalue weighted by Gasteiger charge is 2.32. The number of hydrogen-bond acceptors (Lipinski definition) is 5. The average Bonchev–Trinajstić information content (AvgIpc) is 3.03. The predicted molar refractivity (Wildman–Crippen MR) is 173 cm³/mol. The van der Waals surface area contributed by atoms with Gasteiger partial charge in [0.1, 0.15) is 18.1 Å². The summed E-state index contributed by atoms with van der Waals surface area (Å²) < 4.78 is 56.9. The van der Waals surface area contributed by atoms with Crippen molar-refractivity contribution in [2.45, 2.75) is 52.1 Å². The highest BCUT2D eigenvalue weighted by Crippen LogP contribution is 2.37. The molecule has 0 fully saturated rings. The number of benzene rings is 3. The van der Waals surface area contributed by atoms with Crippen molar-refractivity contribution in [1.82, 2.24) is 0 Å². The lowest BCUT2D eigenvalue weighted by atomic mass is 9.95. The quantitative estimate of drug-likeness (QED) is 0.113. The Morgan fingerprint density at radius 2 is 1.70 bits per heavy atom. The molecule has 0 spiro atoms. The molecule has 0 heterocycles. The first-order chi connectivity index (χ1) is 21.2. The van der Waals surface area contributed by atoms with Crippen LogP contribution in [0.5, 0.6) is 5.75 Å². The van der Waals surface area contributed by atoms with Crippen molar-refractivity contribution in [3.8, 4) is 5.75 Å². The highest BCUT2D eigenvalue weighted by molar-refractivity contribution is 14.2. The molecule has 1 aliphatic rings. The van der Waals surface area contributed by atoms with Crippen LogP contribution in [-0.4, -0.2) is 29.4 Å². The van der Waals surface area contributed by atoms with Crippen LogP contribution in [0.3, 0.4) is 0 Å². The standard InChI is InChI=1S/C34H33F3INO5/c1-3-4-20-38-28-15-10-25(11-16-28)23-43-31-19-14-27(26-12-17-29(18-13-26)44-34(35,36)37)21-30(31)39(32(40)33(41)42-2)22-24-8-6-5-7-9-24/h5-12,14-17,19-21H,3-4,13,18,22-23H2,1-2H3. The van der Waals surface area contributed by atoms with Gasteiger partial charge in [-0.25, -0.2) is 4.79 Å². The van der Waals surface area contributed by atoms with E-state index >= 15 is 0 Å². The zero-order valence-electron chi connectivity index (χ0n) is 24.4. The van der Waals surface area contributed by atoms with Crippen LogP contribution < -0.4 is 9.64 Å². The third-order valence-electron chi connectivity index (χ3n) is 6.68. The van der Waals surface area contributed by atoms with Crippen molar-refractivity contribution >= 4 is 47.9 Å². The molecule has 6 nitrogen and oxygen atoms in total. The van der Waals surface area contributed by atoms with Crippen molar-refractivity contribution in [2.24, 2.45) is 0 Å². The molecule has 0 aliphatic heterocycles. The van der Waals surface area contributed by atoms with Crippen molar-refractivity contribution in [3.63, 3.8) is 0 Å². The molecular formula is C34H33F3INO5. The fourth-order valence-electron chi connectivity index (χ4n) is 4.44. The number of nitrogens with zero attached hydrogens (tertiary/aromatic N) is 1. The van der Waals surface area contributed by atoms with Gasteiger partial charge in [-0.1, -0.05) is 92.7 Å². The van der Waals surface area contributed by atoms with Crippen molar-refractivity contribution < 1.29 is 37.0 Å². The molecule has 4 rings (SSSR count). The Balaban J connectivity index is 1.69. The second kappa shape index (κ2) is 15.7. The molecule has 44 heavy (non-hydrogen) atoms. The van der Waals surface area contributed by atoms with Crippen LogP contribution in [0.4, 0.5) is 18.9 Å². The summed E-state index contributed by atoms with van der Waals surface area (Å²) in [6.07, 6.45) is 0.688. The Morgan fingerprint density at radius 3 is 2.34 bits per heavy atom. The highest BCUT2D eigenvalue weighted by atomic mass is 127. The molecule has 3 aromatic rings. The molecule has 232 valence electrons. The maximum Gasteiger partial charge on any atom is 0.572 e. The number of alkyl halides is 3. The third kappa shape index (κ3) is 9.54. The van der Waals surface area contributed by atoms with E-state index in [9.17, 15) is 22.8 Å². The van der Waals surface area contributed by atoms with Crippen LogP contribution in [0.15, 0.2) is 90.7 Å². The lowest BCUT2D eigenvalue weighted by Crippen LogP contribution is -2.37. The maximum absolute atomic E-state index is 13.4. The first kappa shape index (κ1) is 33.0. The van der Waals surface area contributed by atoms with Gasteiger partial charge >= 0.3 is 18.2 Å².